The Balaban J connectivity index is 2.54. The van der Waals surface area contributed by atoms with Crippen LogP contribution in [0, 0.1) is 16.0 Å². The van der Waals surface area contributed by atoms with Gasteiger partial charge in [0.1, 0.15) is 10.7 Å². The molecule has 0 radical (unpaired) electrons. The van der Waals surface area contributed by atoms with E-state index in [0.29, 0.717) is 10.2 Å². The van der Waals surface area contributed by atoms with Crippen molar-refractivity contribution in [3.8, 4) is 17.5 Å². The summed E-state index contributed by atoms with van der Waals surface area (Å²) in [5.74, 6) is 0. The first kappa shape index (κ1) is 9.56. The topological polar surface area (TPSA) is 52.5 Å². The summed E-state index contributed by atoms with van der Waals surface area (Å²) in [6.07, 6.45) is 1.71. The summed E-state index contributed by atoms with van der Waals surface area (Å²) in [6.45, 7) is 0. The molecule has 72 valence electrons. The smallest absolute Gasteiger partial charge is 0.121 e. The molecule has 0 saturated carbocycles. The van der Waals surface area contributed by atoms with Gasteiger partial charge in [0.25, 0.3) is 0 Å². The van der Waals surface area contributed by atoms with E-state index in [1.165, 1.54) is 0 Å². The molecule has 0 fully saturated rings. The van der Waals surface area contributed by atoms with Crippen LogP contribution in [0.25, 0.3) is 11.4 Å². The van der Waals surface area contributed by atoms with E-state index >= 15 is 0 Å². The van der Waals surface area contributed by atoms with Crippen LogP contribution in [0.4, 0.5) is 0 Å². The van der Waals surface area contributed by atoms with Crippen LogP contribution in [0.3, 0.4) is 0 Å². The molecule has 0 unspecified atom stereocenters. The zero-order valence-corrected chi connectivity index (χ0v) is 8.58. The first-order valence-corrected chi connectivity index (χ1v) is 4.77. The number of aromatic nitrogens is 2. The van der Waals surface area contributed by atoms with Gasteiger partial charge in [0.05, 0.1) is 17.0 Å². The second-order valence-electron chi connectivity index (χ2n) is 2.94. The molecular formula is C11H7N3S. The molecule has 3 nitrogen and oxygen atoms in total. The number of rotatable bonds is 1. The van der Waals surface area contributed by atoms with Gasteiger partial charge in [-0.25, -0.2) is 0 Å². The monoisotopic (exact) mass is 213 g/mol. The maximum Gasteiger partial charge on any atom is 0.121 e. The van der Waals surface area contributed by atoms with Crippen LogP contribution in [0.2, 0.25) is 0 Å². The molecule has 0 atom stereocenters. The number of hydrogen-bond acceptors (Lipinski definition) is 3. The lowest BCUT2D eigenvalue weighted by Gasteiger charge is -2.00. The number of nitriles is 1. The van der Waals surface area contributed by atoms with Crippen molar-refractivity contribution >= 4 is 12.2 Å². The Kier molecular flexibility index (Phi) is 2.57. The summed E-state index contributed by atoms with van der Waals surface area (Å²) in [5.41, 5.74) is 2.11. The summed E-state index contributed by atoms with van der Waals surface area (Å²) >= 11 is 5.03. The van der Waals surface area contributed by atoms with Gasteiger partial charge in [-0.1, -0.05) is 18.3 Å². The number of pyridine rings is 2. The maximum absolute atomic E-state index is 8.73. The predicted octanol–water partition coefficient (Wildman–Crippen LogP) is 2.68. The van der Waals surface area contributed by atoms with Crippen molar-refractivity contribution in [2.45, 2.75) is 0 Å². The second kappa shape index (κ2) is 4.03. The minimum Gasteiger partial charge on any atom is -0.344 e. The van der Waals surface area contributed by atoms with Gasteiger partial charge < -0.3 is 4.98 Å². The van der Waals surface area contributed by atoms with Crippen LogP contribution in [0.1, 0.15) is 5.56 Å². The van der Waals surface area contributed by atoms with Crippen LogP contribution < -0.4 is 0 Å². The molecule has 1 N–H and O–H groups in total. The van der Waals surface area contributed by atoms with Crippen LogP contribution in [0.5, 0.6) is 0 Å². The molecule has 0 saturated heterocycles. The molecule has 0 bridgehead atoms. The van der Waals surface area contributed by atoms with Crippen LogP contribution in [-0.2, 0) is 0 Å². The highest BCUT2D eigenvalue weighted by molar-refractivity contribution is 7.71. The number of H-pyrrole nitrogens is 1. The number of aromatic amines is 1. The van der Waals surface area contributed by atoms with Crippen molar-refractivity contribution in [2.75, 3.05) is 0 Å². The summed E-state index contributed by atoms with van der Waals surface area (Å²) in [5, 5.41) is 8.73. The molecule has 2 rings (SSSR count). The highest BCUT2D eigenvalue weighted by atomic mass is 32.1. The van der Waals surface area contributed by atoms with Crippen molar-refractivity contribution in [1.29, 1.82) is 5.26 Å². The third kappa shape index (κ3) is 1.92. The van der Waals surface area contributed by atoms with Gasteiger partial charge in [0.2, 0.25) is 0 Å². The van der Waals surface area contributed by atoms with E-state index in [1.807, 2.05) is 24.3 Å². The van der Waals surface area contributed by atoms with E-state index in [0.717, 1.165) is 11.4 Å². The molecule has 0 aliphatic heterocycles. The van der Waals surface area contributed by atoms with Crippen LogP contribution in [0.15, 0.2) is 36.5 Å². The van der Waals surface area contributed by atoms with E-state index in [4.69, 9.17) is 17.5 Å². The highest BCUT2D eigenvalue weighted by Crippen LogP contribution is 2.13. The van der Waals surface area contributed by atoms with Crippen molar-refractivity contribution in [1.82, 2.24) is 9.97 Å². The van der Waals surface area contributed by atoms with E-state index < -0.39 is 0 Å². The van der Waals surface area contributed by atoms with Crippen molar-refractivity contribution in [3.63, 3.8) is 0 Å². The Morgan fingerprint density at radius 3 is 2.73 bits per heavy atom. The molecular weight excluding hydrogens is 206 g/mol. The van der Waals surface area contributed by atoms with E-state index in [2.05, 4.69) is 9.97 Å². The minimum absolute atomic E-state index is 0.445. The average molecular weight is 213 g/mol. The van der Waals surface area contributed by atoms with Gasteiger partial charge in [-0.2, -0.15) is 5.26 Å². The van der Waals surface area contributed by atoms with Crippen molar-refractivity contribution < 1.29 is 0 Å². The normalized spacial score (nSPS) is 9.53. The van der Waals surface area contributed by atoms with Gasteiger partial charge in [-0.15, -0.1) is 0 Å². The van der Waals surface area contributed by atoms with Crippen molar-refractivity contribution in [2.24, 2.45) is 0 Å². The number of hydrogen-bond donors (Lipinski definition) is 1. The van der Waals surface area contributed by atoms with Gasteiger partial charge in [-0.05, 0) is 24.3 Å². The molecule has 0 spiro atoms. The lowest BCUT2D eigenvalue weighted by atomic mass is 10.2. The third-order valence-electron chi connectivity index (χ3n) is 1.97. The molecule has 2 aromatic heterocycles. The summed E-state index contributed by atoms with van der Waals surface area (Å²) in [4.78, 5) is 7.16. The molecule has 2 heterocycles. The lowest BCUT2D eigenvalue weighted by Crippen LogP contribution is -1.88. The van der Waals surface area contributed by atoms with Crippen molar-refractivity contribution in [3.05, 3.63) is 46.7 Å². The Hall–Kier alpha value is -1.99. The third-order valence-corrected chi connectivity index (χ3v) is 2.29. The van der Waals surface area contributed by atoms with Crippen LogP contribution >= 0.6 is 12.2 Å². The number of nitrogens with zero attached hydrogens (tertiary/aromatic N) is 2. The van der Waals surface area contributed by atoms with Gasteiger partial charge in [-0.3, -0.25) is 4.98 Å². The second-order valence-corrected chi connectivity index (χ2v) is 3.35. The summed E-state index contributed by atoms with van der Waals surface area (Å²) in [7, 11) is 0. The summed E-state index contributed by atoms with van der Waals surface area (Å²) < 4.78 is 0.445. The summed E-state index contributed by atoms with van der Waals surface area (Å²) in [6, 6.07) is 11.1. The average Bonchev–Trinajstić information content (AvgIpc) is 2.30. The molecule has 4 heteroatoms. The largest absolute Gasteiger partial charge is 0.344 e. The zero-order valence-electron chi connectivity index (χ0n) is 7.77. The highest BCUT2D eigenvalue weighted by Gasteiger charge is 2.00. The Bertz CT molecular complexity index is 566. The van der Waals surface area contributed by atoms with E-state index in [-0.39, 0.29) is 0 Å². The molecule has 0 amide bonds. The Labute approximate surface area is 92.0 Å². The first-order valence-electron chi connectivity index (χ1n) is 4.36. The number of nitrogens with one attached hydrogen (secondary N) is 1. The van der Waals surface area contributed by atoms with Crippen LogP contribution in [-0.4, -0.2) is 9.97 Å². The molecule has 0 aliphatic rings. The standard InChI is InChI=1S/C11H7N3S/c12-7-8-4-5-10(14-11(8)15)9-3-1-2-6-13-9/h1-6H,(H,14,15). The Morgan fingerprint density at radius 2 is 2.13 bits per heavy atom. The zero-order chi connectivity index (χ0) is 10.7. The molecule has 2 aromatic rings. The van der Waals surface area contributed by atoms with Gasteiger partial charge >= 0.3 is 0 Å². The fourth-order valence-corrected chi connectivity index (χ4v) is 1.46. The molecule has 0 aromatic carbocycles. The molecule has 0 aliphatic carbocycles. The first-order chi connectivity index (χ1) is 7.31. The quantitative estimate of drug-likeness (QED) is 0.741. The predicted molar refractivity (Wildman–Crippen MR) is 59.6 cm³/mol. The fraction of sp³-hybridized carbons (Fsp3) is 0. The minimum atomic E-state index is 0.445. The van der Waals surface area contributed by atoms with E-state index in [1.54, 1.807) is 18.3 Å². The van der Waals surface area contributed by atoms with Gasteiger partial charge in [0, 0.05) is 6.20 Å². The Morgan fingerprint density at radius 1 is 1.27 bits per heavy atom. The van der Waals surface area contributed by atoms with Gasteiger partial charge in [0.15, 0.2) is 0 Å². The SMILES string of the molecule is N#Cc1ccc(-c2ccccn2)[nH]c1=S. The fourth-order valence-electron chi connectivity index (χ4n) is 1.23. The lowest BCUT2D eigenvalue weighted by molar-refractivity contribution is 1.22. The molecule has 15 heavy (non-hydrogen) atoms. The maximum atomic E-state index is 8.73. The van der Waals surface area contributed by atoms with E-state index in [9.17, 15) is 0 Å².